The molecule has 0 saturated carbocycles. The Morgan fingerprint density at radius 1 is 1.10 bits per heavy atom. The maximum Gasteiger partial charge on any atom is 0.401 e. The molecular formula is C13H27F3N2O2S. The highest BCUT2D eigenvalue weighted by Gasteiger charge is 2.36. The normalized spacial score (nSPS) is 15.8. The van der Waals surface area contributed by atoms with Gasteiger partial charge in [-0.05, 0) is 12.3 Å². The molecule has 21 heavy (non-hydrogen) atoms. The van der Waals surface area contributed by atoms with E-state index in [0.29, 0.717) is 0 Å². The van der Waals surface area contributed by atoms with Gasteiger partial charge in [-0.25, -0.2) is 12.7 Å². The van der Waals surface area contributed by atoms with Crippen molar-refractivity contribution in [2.75, 3.05) is 32.4 Å². The number of nitrogens with zero attached hydrogens (tertiary/aromatic N) is 2. The van der Waals surface area contributed by atoms with Gasteiger partial charge in [0.1, 0.15) is 0 Å². The first kappa shape index (κ1) is 20.7. The molecule has 0 rings (SSSR count). The van der Waals surface area contributed by atoms with Gasteiger partial charge in [0.15, 0.2) is 0 Å². The van der Waals surface area contributed by atoms with Gasteiger partial charge in [-0.2, -0.15) is 13.2 Å². The number of halogens is 3. The van der Waals surface area contributed by atoms with E-state index >= 15 is 0 Å². The van der Waals surface area contributed by atoms with Crippen LogP contribution >= 0.6 is 0 Å². The maximum atomic E-state index is 12.7. The van der Waals surface area contributed by atoms with Crippen molar-refractivity contribution in [3.63, 3.8) is 0 Å². The standard InChI is InChI=1S/C13H27F3N2O2S/c1-7-18(21(6,19)20)9-8-17(10-13(14,15)16)11(2)12(3,4)5/h11H,7-10H2,1-6H3. The van der Waals surface area contributed by atoms with E-state index in [-0.39, 0.29) is 31.1 Å². The molecule has 0 aromatic rings. The van der Waals surface area contributed by atoms with Crippen LogP contribution in [0.4, 0.5) is 13.2 Å². The fourth-order valence-corrected chi connectivity index (χ4v) is 2.87. The second-order valence-electron chi connectivity index (χ2n) is 6.38. The molecule has 0 aliphatic heterocycles. The van der Waals surface area contributed by atoms with Crippen molar-refractivity contribution >= 4 is 10.0 Å². The Kier molecular flexibility index (Phi) is 7.16. The van der Waals surface area contributed by atoms with E-state index in [0.717, 1.165) is 6.26 Å². The van der Waals surface area contributed by atoms with E-state index in [1.807, 2.05) is 20.8 Å². The second kappa shape index (κ2) is 7.28. The molecule has 128 valence electrons. The van der Waals surface area contributed by atoms with Crippen LogP contribution in [0.2, 0.25) is 0 Å². The van der Waals surface area contributed by atoms with E-state index in [4.69, 9.17) is 0 Å². The van der Waals surface area contributed by atoms with Crippen molar-refractivity contribution in [1.29, 1.82) is 0 Å². The molecule has 0 amide bonds. The molecule has 0 N–H and O–H groups in total. The summed E-state index contributed by atoms with van der Waals surface area (Å²) in [6, 6.07) is -0.322. The third kappa shape index (κ3) is 8.01. The number of hydrogen-bond acceptors (Lipinski definition) is 3. The van der Waals surface area contributed by atoms with Crippen LogP contribution < -0.4 is 0 Å². The zero-order chi connectivity index (χ0) is 17.1. The van der Waals surface area contributed by atoms with E-state index < -0.39 is 22.7 Å². The van der Waals surface area contributed by atoms with Gasteiger partial charge < -0.3 is 0 Å². The van der Waals surface area contributed by atoms with Crippen LogP contribution in [0.25, 0.3) is 0 Å². The highest BCUT2D eigenvalue weighted by atomic mass is 32.2. The van der Waals surface area contributed by atoms with Crippen molar-refractivity contribution in [3.05, 3.63) is 0 Å². The average molecular weight is 332 g/mol. The van der Waals surface area contributed by atoms with E-state index in [9.17, 15) is 21.6 Å². The zero-order valence-corrected chi connectivity index (χ0v) is 14.5. The third-order valence-corrected chi connectivity index (χ3v) is 5.02. The van der Waals surface area contributed by atoms with Crippen LogP contribution in [0.15, 0.2) is 0 Å². The van der Waals surface area contributed by atoms with Gasteiger partial charge in [0.25, 0.3) is 0 Å². The van der Waals surface area contributed by atoms with Gasteiger partial charge in [-0.15, -0.1) is 0 Å². The molecule has 0 bridgehead atoms. The van der Waals surface area contributed by atoms with Crippen LogP contribution in [0.3, 0.4) is 0 Å². The Morgan fingerprint density at radius 3 is 1.86 bits per heavy atom. The van der Waals surface area contributed by atoms with Gasteiger partial charge in [0.05, 0.1) is 12.8 Å². The quantitative estimate of drug-likeness (QED) is 0.719. The minimum atomic E-state index is -4.30. The molecule has 0 radical (unpaired) electrons. The molecule has 8 heteroatoms. The number of rotatable bonds is 7. The van der Waals surface area contributed by atoms with Crippen molar-refractivity contribution in [2.24, 2.45) is 5.41 Å². The van der Waals surface area contributed by atoms with Crippen LogP contribution in [-0.4, -0.2) is 62.3 Å². The van der Waals surface area contributed by atoms with Crippen molar-refractivity contribution in [3.8, 4) is 0 Å². The highest BCUT2D eigenvalue weighted by molar-refractivity contribution is 7.88. The summed E-state index contributed by atoms with van der Waals surface area (Å²) >= 11 is 0. The lowest BCUT2D eigenvalue weighted by atomic mass is 9.87. The third-order valence-electron chi connectivity index (χ3n) is 3.64. The number of likely N-dealkylation sites (N-methyl/N-ethyl adjacent to an activating group) is 1. The second-order valence-corrected chi connectivity index (χ2v) is 8.36. The molecule has 0 aliphatic rings. The van der Waals surface area contributed by atoms with E-state index in [2.05, 4.69) is 0 Å². The van der Waals surface area contributed by atoms with Crippen LogP contribution in [0.5, 0.6) is 0 Å². The first-order valence-electron chi connectivity index (χ1n) is 6.94. The SMILES string of the molecule is CCN(CCN(CC(F)(F)F)C(C)C(C)(C)C)S(C)(=O)=O. The fourth-order valence-electron chi connectivity index (χ4n) is 1.99. The fraction of sp³-hybridized carbons (Fsp3) is 1.00. The largest absolute Gasteiger partial charge is 0.401 e. The number of hydrogen-bond donors (Lipinski definition) is 0. The number of sulfonamides is 1. The van der Waals surface area contributed by atoms with Crippen LogP contribution in [0, 0.1) is 5.41 Å². The monoisotopic (exact) mass is 332 g/mol. The minimum absolute atomic E-state index is 0.0544. The Morgan fingerprint density at radius 2 is 1.57 bits per heavy atom. The lowest BCUT2D eigenvalue weighted by Crippen LogP contribution is -2.49. The first-order chi connectivity index (χ1) is 9.18. The van der Waals surface area contributed by atoms with Crippen molar-refractivity contribution in [1.82, 2.24) is 9.21 Å². The van der Waals surface area contributed by atoms with Gasteiger partial charge in [-0.1, -0.05) is 27.7 Å². The number of alkyl halides is 3. The Balaban J connectivity index is 5.00. The summed E-state index contributed by atoms with van der Waals surface area (Å²) in [7, 11) is -3.39. The summed E-state index contributed by atoms with van der Waals surface area (Å²) in [5.41, 5.74) is -0.326. The molecular weight excluding hydrogens is 305 g/mol. The predicted octanol–water partition coefficient (Wildman–Crippen LogP) is 2.57. The molecule has 0 fully saturated rings. The van der Waals surface area contributed by atoms with Crippen molar-refractivity contribution in [2.45, 2.75) is 46.8 Å². The summed E-state index contributed by atoms with van der Waals surface area (Å²) in [4.78, 5) is 1.30. The summed E-state index contributed by atoms with van der Waals surface area (Å²) < 4.78 is 62.4. The average Bonchev–Trinajstić information content (AvgIpc) is 2.22. The highest BCUT2D eigenvalue weighted by Crippen LogP contribution is 2.27. The van der Waals surface area contributed by atoms with Crippen LogP contribution in [-0.2, 0) is 10.0 Å². The van der Waals surface area contributed by atoms with Gasteiger partial charge in [0.2, 0.25) is 10.0 Å². The minimum Gasteiger partial charge on any atom is -0.290 e. The summed E-state index contributed by atoms with van der Waals surface area (Å²) in [6.07, 6.45) is -3.24. The molecule has 1 atom stereocenters. The molecule has 0 spiro atoms. The van der Waals surface area contributed by atoms with Crippen molar-refractivity contribution < 1.29 is 21.6 Å². The van der Waals surface area contributed by atoms with E-state index in [1.54, 1.807) is 13.8 Å². The molecule has 0 heterocycles. The van der Waals surface area contributed by atoms with Gasteiger partial charge >= 0.3 is 6.18 Å². The molecule has 4 nitrogen and oxygen atoms in total. The lowest BCUT2D eigenvalue weighted by Gasteiger charge is -2.39. The molecule has 0 aromatic carbocycles. The maximum absolute atomic E-state index is 12.7. The Hall–Kier alpha value is -0.340. The Labute approximate surface area is 126 Å². The molecule has 1 unspecified atom stereocenters. The van der Waals surface area contributed by atoms with Gasteiger partial charge in [-0.3, -0.25) is 4.90 Å². The molecule has 0 aromatic heterocycles. The zero-order valence-electron chi connectivity index (χ0n) is 13.7. The topological polar surface area (TPSA) is 40.6 Å². The summed E-state index contributed by atoms with van der Waals surface area (Å²) in [6.45, 7) is 8.35. The van der Waals surface area contributed by atoms with E-state index in [1.165, 1.54) is 9.21 Å². The predicted molar refractivity (Wildman–Crippen MR) is 78.6 cm³/mol. The smallest absolute Gasteiger partial charge is 0.290 e. The molecule has 0 saturated heterocycles. The van der Waals surface area contributed by atoms with Gasteiger partial charge in [0, 0.05) is 25.7 Å². The lowest BCUT2D eigenvalue weighted by molar-refractivity contribution is -0.154. The summed E-state index contributed by atoms with van der Waals surface area (Å²) in [5.74, 6) is 0. The molecule has 0 aliphatic carbocycles. The first-order valence-corrected chi connectivity index (χ1v) is 8.79. The Bertz CT molecular complexity index is 416. The van der Waals surface area contributed by atoms with Crippen LogP contribution in [0.1, 0.15) is 34.6 Å². The summed E-state index contributed by atoms with van der Waals surface area (Å²) in [5, 5.41) is 0.